The van der Waals surface area contributed by atoms with Gasteiger partial charge in [-0.2, -0.15) is 0 Å². The average molecular weight is 322 g/mol. The van der Waals surface area contributed by atoms with E-state index in [-0.39, 0.29) is 11.6 Å². The molecule has 0 aliphatic carbocycles. The monoisotopic (exact) mass is 321 g/mol. The Morgan fingerprint density at radius 1 is 1.26 bits per heavy atom. The zero-order valence-electron chi connectivity index (χ0n) is 9.93. The van der Waals surface area contributed by atoms with Crippen molar-refractivity contribution in [3.63, 3.8) is 0 Å². The van der Waals surface area contributed by atoms with Crippen LogP contribution in [0.15, 0.2) is 35.1 Å². The first-order valence-electron chi connectivity index (χ1n) is 5.52. The summed E-state index contributed by atoms with van der Waals surface area (Å²) in [7, 11) is 1.79. The molecule has 19 heavy (non-hydrogen) atoms. The van der Waals surface area contributed by atoms with Gasteiger partial charge < -0.3 is 9.67 Å². The maximum atomic E-state index is 13.6. The highest BCUT2D eigenvalue weighted by Crippen LogP contribution is 2.28. The Morgan fingerprint density at radius 2 is 2.05 bits per heavy atom. The predicted octanol–water partition coefficient (Wildman–Crippen LogP) is 3.24. The van der Waals surface area contributed by atoms with E-state index in [2.05, 4.69) is 25.9 Å². The quantitative estimate of drug-likeness (QED) is 0.748. The van der Waals surface area contributed by atoms with Crippen molar-refractivity contribution in [1.82, 2.24) is 14.5 Å². The first-order valence-corrected chi connectivity index (χ1v) is 6.31. The lowest BCUT2D eigenvalue weighted by molar-refractivity contribution is 0.473. The fraction of sp³-hybridized carbons (Fsp3) is 0.0769. The summed E-state index contributed by atoms with van der Waals surface area (Å²) >= 11 is 3.14. The third-order valence-corrected chi connectivity index (χ3v) is 3.51. The average Bonchev–Trinajstić information content (AvgIpc) is 2.68. The molecule has 0 fully saturated rings. The fourth-order valence-electron chi connectivity index (χ4n) is 2.00. The third-order valence-electron chi connectivity index (χ3n) is 2.90. The molecule has 2 aromatic heterocycles. The van der Waals surface area contributed by atoms with Gasteiger partial charge in [-0.3, -0.25) is 4.98 Å². The smallest absolute Gasteiger partial charge is 0.142 e. The number of rotatable bonds is 1. The number of aromatic nitrogens is 3. The lowest BCUT2D eigenvalue weighted by Gasteiger charge is -2.02. The summed E-state index contributed by atoms with van der Waals surface area (Å²) in [5, 5.41) is 9.46. The molecule has 0 aliphatic rings. The van der Waals surface area contributed by atoms with E-state index in [0.29, 0.717) is 26.9 Å². The summed E-state index contributed by atoms with van der Waals surface area (Å²) in [6, 6.07) is 4.62. The molecule has 0 unspecified atom stereocenters. The molecule has 0 saturated carbocycles. The van der Waals surface area contributed by atoms with Crippen LogP contribution in [0.1, 0.15) is 0 Å². The van der Waals surface area contributed by atoms with E-state index in [0.717, 1.165) is 0 Å². The molecule has 0 amide bonds. The molecule has 0 radical (unpaired) electrons. The van der Waals surface area contributed by atoms with E-state index in [9.17, 15) is 9.50 Å². The van der Waals surface area contributed by atoms with E-state index in [1.54, 1.807) is 29.9 Å². The van der Waals surface area contributed by atoms with Gasteiger partial charge in [-0.05, 0) is 28.1 Å². The molecule has 0 aliphatic heterocycles. The molecular formula is C13H9BrFN3O. The Bertz CT molecular complexity index is 785. The normalized spacial score (nSPS) is 11.1. The summed E-state index contributed by atoms with van der Waals surface area (Å²) in [5.41, 5.74) is 2.03. The van der Waals surface area contributed by atoms with Crippen LogP contribution in [0.25, 0.3) is 22.4 Å². The zero-order chi connectivity index (χ0) is 13.6. The van der Waals surface area contributed by atoms with Gasteiger partial charge >= 0.3 is 0 Å². The van der Waals surface area contributed by atoms with Crippen molar-refractivity contribution in [3.8, 4) is 17.1 Å². The number of benzene rings is 1. The number of pyridine rings is 1. The van der Waals surface area contributed by atoms with Gasteiger partial charge in [0.2, 0.25) is 0 Å². The minimum absolute atomic E-state index is 0.0666. The van der Waals surface area contributed by atoms with Gasteiger partial charge in [0.05, 0.1) is 21.7 Å². The fourth-order valence-corrected chi connectivity index (χ4v) is 2.33. The second-order valence-corrected chi connectivity index (χ2v) is 5.04. The number of fused-ring (bicyclic) bond motifs is 1. The number of hydrogen-bond acceptors (Lipinski definition) is 3. The van der Waals surface area contributed by atoms with Gasteiger partial charge in [-0.1, -0.05) is 0 Å². The molecule has 6 heteroatoms. The summed E-state index contributed by atoms with van der Waals surface area (Å²) in [6.45, 7) is 0. The molecule has 4 nitrogen and oxygen atoms in total. The van der Waals surface area contributed by atoms with E-state index < -0.39 is 0 Å². The summed E-state index contributed by atoms with van der Waals surface area (Å²) in [4.78, 5) is 8.36. The molecule has 0 atom stereocenters. The highest BCUT2D eigenvalue weighted by Gasteiger charge is 2.13. The highest BCUT2D eigenvalue weighted by molar-refractivity contribution is 9.10. The Kier molecular flexibility index (Phi) is 2.74. The Morgan fingerprint density at radius 3 is 2.79 bits per heavy atom. The number of halogens is 2. The number of aryl methyl sites for hydroxylation is 1. The van der Waals surface area contributed by atoms with Crippen LogP contribution in [0, 0.1) is 5.82 Å². The third kappa shape index (κ3) is 1.98. The Hall–Kier alpha value is -1.95. The molecule has 0 saturated heterocycles. The first-order chi connectivity index (χ1) is 9.06. The topological polar surface area (TPSA) is 50.9 Å². The van der Waals surface area contributed by atoms with Gasteiger partial charge in [0, 0.05) is 24.9 Å². The van der Waals surface area contributed by atoms with Crippen LogP contribution in [0.4, 0.5) is 4.39 Å². The maximum Gasteiger partial charge on any atom is 0.142 e. The SMILES string of the molecule is Cn1c(-c2cncc(O)c2)nc2cc(Br)c(F)cc21. The summed E-state index contributed by atoms with van der Waals surface area (Å²) in [5.74, 6) is 0.351. The number of aromatic hydroxyl groups is 1. The van der Waals surface area contributed by atoms with Crippen LogP contribution < -0.4 is 0 Å². The zero-order valence-corrected chi connectivity index (χ0v) is 11.5. The van der Waals surface area contributed by atoms with Crippen LogP contribution in [0.2, 0.25) is 0 Å². The molecule has 0 spiro atoms. The minimum Gasteiger partial charge on any atom is -0.506 e. The first kappa shape index (κ1) is 12.1. The van der Waals surface area contributed by atoms with Crippen LogP contribution >= 0.6 is 15.9 Å². The number of hydrogen-bond donors (Lipinski definition) is 1. The van der Waals surface area contributed by atoms with Crippen LogP contribution in [0.3, 0.4) is 0 Å². The molecular weight excluding hydrogens is 313 g/mol. The van der Waals surface area contributed by atoms with Crippen molar-refractivity contribution in [2.45, 2.75) is 0 Å². The largest absolute Gasteiger partial charge is 0.506 e. The second-order valence-electron chi connectivity index (χ2n) is 4.18. The van der Waals surface area contributed by atoms with E-state index >= 15 is 0 Å². The van der Waals surface area contributed by atoms with Crippen LogP contribution in [0.5, 0.6) is 5.75 Å². The summed E-state index contributed by atoms with van der Waals surface area (Å²) in [6.07, 6.45) is 2.95. The molecule has 0 bridgehead atoms. The van der Waals surface area contributed by atoms with Crippen molar-refractivity contribution in [2.24, 2.45) is 7.05 Å². The van der Waals surface area contributed by atoms with Crippen molar-refractivity contribution in [1.29, 1.82) is 0 Å². The van der Waals surface area contributed by atoms with Crippen LogP contribution in [-0.4, -0.2) is 19.6 Å². The lowest BCUT2D eigenvalue weighted by Crippen LogP contribution is -1.93. The number of nitrogens with zero attached hydrogens (tertiary/aromatic N) is 3. The van der Waals surface area contributed by atoms with Crippen molar-refractivity contribution >= 4 is 27.0 Å². The van der Waals surface area contributed by atoms with Crippen molar-refractivity contribution < 1.29 is 9.50 Å². The molecule has 3 rings (SSSR count). The molecule has 1 aromatic carbocycles. The molecule has 96 valence electrons. The highest BCUT2D eigenvalue weighted by atomic mass is 79.9. The minimum atomic E-state index is -0.337. The second kappa shape index (κ2) is 4.31. The van der Waals surface area contributed by atoms with Gasteiger partial charge in [0.25, 0.3) is 0 Å². The van der Waals surface area contributed by atoms with E-state index in [4.69, 9.17) is 0 Å². The van der Waals surface area contributed by atoms with E-state index in [1.807, 2.05) is 0 Å². The lowest BCUT2D eigenvalue weighted by atomic mass is 10.2. The van der Waals surface area contributed by atoms with Gasteiger partial charge in [0.15, 0.2) is 0 Å². The predicted molar refractivity (Wildman–Crippen MR) is 73.3 cm³/mol. The van der Waals surface area contributed by atoms with Crippen molar-refractivity contribution in [2.75, 3.05) is 0 Å². The van der Waals surface area contributed by atoms with E-state index in [1.165, 1.54) is 12.3 Å². The Labute approximate surface area is 116 Å². The van der Waals surface area contributed by atoms with Gasteiger partial charge in [-0.25, -0.2) is 9.37 Å². The standard InChI is InChI=1S/C13H9BrFN3O/c1-18-12-4-10(15)9(14)3-11(12)17-13(18)7-2-8(19)6-16-5-7/h2-6,19H,1H3. The number of imidazole rings is 1. The van der Waals surface area contributed by atoms with Crippen molar-refractivity contribution in [3.05, 3.63) is 40.9 Å². The molecule has 1 N–H and O–H groups in total. The van der Waals surface area contributed by atoms with Gasteiger partial charge in [0.1, 0.15) is 17.4 Å². The van der Waals surface area contributed by atoms with Crippen LogP contribution in [-0.2, 0) is 7.05 Å². The Balaban J connectivity index is 2.28. The molecule has 3 aromatic rings. The summed E-state index contributed by atoms with van der Waals surface area (Å²) < 4.78 is 15.7. The maximum absolute atomic E-state index is 13.6. The van der Waals surface area contributed by atoms with Gasteiger partial charge in [-0.15, -0.1) is 0 Å². The molecule has 2 heterocycles.